The fourth-order valence-corrected chi connectivity index (χ4v) is 6.27. The van der Waals surface area contributed by atoms with E-state index >= 15 is 0 Å². The van der Waals surface area contributed by atoms with Crippen molar-refractivity contribution in [1.82, 2.24) is 0 Å². The molecule has 38 heavy (non-hydrogen) atoms. The average Bonchev–Trinajstić information content (AvgIpc) is 2.86. The molecule has 198 valence electrons. The fraction of sp³-hybridized carbons (Fsp3) is 0.321. The molecule has 1 fully saturated rings. The summed E-state index contributed by atoms with van der Waals surface area (Å²) in [5.74, 6) is -8.88. The molecule has 0 unspecified atom stereocenters. The molecule has 10 heteroatoms. The number of Topliss-reactive ketones (excluding diaryl/α,β-unsaturated/α-hetero) is 2. The van der Waals surface area contributed by atoms with Gasteiger partial charge in [0, 0.05) is 43.6 Å². The molecule has 1 amide bonds. The van der Waals surface area contributed by atoms with Crippen LogP contribution in [0.15, 0.2) is 53.3 Å². The van der Waals surface area contributed by atoms with Crippen molar-refractivity contribution in [3.05, 3.63) is 64.4 Å². The Kier molecular flexibility index (Phi) is 5.66. The Balaban J connectivity index is 1.75. The Hall–Kier alpha value is -4.15. The van der Waals surface area contributed by atoms with Crippen LogP contribution >= 0.6 is 0 Å². The molecule has 0 spiro atoms. The monoisotopic (exact) mass is 520 g/mol. The van der Waals surface area contributed by atoms with Crippen molar-refractivity contribution in [2.24, 2.45) is 17.6 Å². The summed E-state index contributed by atoms with van der Waals surface area (Å²) in [4.78, 5) is 40.1. The highest BCUT2D eigenvalue weighted by Crippen LogP contribution is 2.57. The van der Waals surface area contributed by atoms with Crippen molar-refractivity contribution in [2.75, 3.05) is 19.0 Å². The van der Waals surface area contributed by atoms with Crippen LogP contribution in [0.1, 0.15) is 30.4 Å². The van der Waals surface area contributed by atoms with Crippen LogP contribution in [0.4, 0.5) is 5.69 Å². The van der Waals surface area contributed by atoms with Gasteiger partial charge in [0.15, 0.2) is 11.4 Å². The van der Waals surface area contributed by atoms with Gasteiger partial charge in [-0.3, -0.25) is 14.4 Å². The van der Waals surface area contributed by atoms with E-state index in [1.54, 1.807) is 13.0 Å². The molecule has 5 rings (SSSR count). The topological polar surface area (TPSA) is 182 Å². The van der Waals surface area contributed by atoms with E-state index in [2.05, 4.69) is 0 Å². The Morgan fingerprint density at radius 1 is 1.05 bits per heavy atom. The summed E-state index contributed by atoms with van der Waals surface area (Å²) in [7, 11) is 3.81. The van der Waals surface area contributed by atoms with Crippen molar-refractivity contribution in [3.63, 3.8) is 0 Å². The van der Waals surface area contributed by atoms with Crippen molar-refractivity contribution >= 4 is 28.9 Å². The Labute approximate surface area is 217 Å². The summed E-state index contributed by atoms with van der Waals surface area (Å²) in [5.41, 5.74) is 3.85. The molecule has 0 saturated heterocycles. The number of fused-ring (bicyclic) bond motifs is 3. The summed E-state index contributed by atoms with van der Waals surface area (Å²) in [6, 6.07) is 10.6. The lowest BCUT2D eigenvalue weighted by Gasteiger charge is -2.50. The number of phenols is 1. The third-order valence-electron chi connectivity index (χ3n) is 8.17. The maximum Gasteiger partial charge on any atom is 0.255 e. The summed E-state index contributed by atoms with van der Waals surface area (Å²) in [5, 5.41) is 55.7. The molecule has 3 aliphatic rings. The van der Waals surface area contributed by atoms with Crippen molar-refractivity contribution < 1.29 is 39.9 Å². The number of aliphatic hydroxyl groups is 4. The molecular weight excluding hydrogens is 492 g/mol. The lowest BCUT2D eigenvalue weighted by atomic mass is 9.55. The third kappa shape index (κ3) is 3.23. The van der Waals surface area contributed by atoms with Gasteiger partial charge in [-0.05, 0) is 40.8 Å². The number of benzene rings is 2. The summed E-state index contributed by atoms with van der Waals surface area (Å²) < 4.78 is 0. The first-order chi connectivity index (χ1) is 17.8. The van der Waals surface area contributed by atoms with E-state index in [0.717, 1.165) is 11.3 Å². The zero-order chi connectivity index (χ0) is 27.8. The largest absolute Gasteiger partial charge is 0.508 e. The molecule has 2 aromatic rings. The Morgan fingerprint density at radius 3 is 2.26 bits per heavy atom. The average molecular weight is 521 g/mol. The van der Waals surface area contributed by atoms with E-state index in [1.807, 2.05) is 43.3 Å². The number of carbonyl (C=O) groups excluding carboxylic acids is 3. The number of rotatable bonds is 3. The number of carbonyl (C=O) groups is 3. The number of amides is 1. The van der Waals surface area contributed by atoms with Crippen LogP contribution in [0.25, 0.3) is 16.9 Å². The van der Waals surface area contributed by atoms with Gasteiger partial charge in [0.1, 0.15) is 22.8 Å². The number of nitrogens with zero attached hydrogens (tertiary/aromatic N) is 1. The van der Waals surface area contributed by atoms with Gasteiger partial charge in [-0.2, -0.15) is 0 Å². The highest BCUT2D eigenvalue weighted by molar-refractivity contribution is 6.23. The Bertz CT molecular complexity index is 1470. The van der Waals surface area contributed by atoms with Crippen LogP contribution in [-0.2, 0) is 14.4 Å². The highest BCUT2D eigenvalue weighted by Gasteiger charge is 2.65. The second kappa shape index (κ2) is 8.44. The van der Waals surface area contributed by atoms with Crippen LogP contribution in [0.2, 0.25) is 0 Å². The van der Waals surface area contributed by atoms with Crippen LogP contribution in [-0.4, -0.2) is 68.8 Å². The third-order valence-corrected chi connectivity index (χ3v) is 8.17. The second-order valence-corrected chi connectivity index (χ2v) is 10.3. The molecule has 3 aliphatic carbocycles. The fourth-order valence-electron chi connectivity index (χ4n) is 6.27. The number of phenolic OH excluding ortho intramolecular Hbond substituents is 1. The molecule has 0 aromatic heterocycles. The predicted octanol–water partition coefficient (Wildman–Crippen LogP) is 1.69. The number of aliphatic hydroxyl groups excluding tert-OH is 3. The summed E-state index contributed by atoms with van der Waals surface area (Å²) in [6.07, 6.45) is -2.20. The smallest absolute Gasteiger partial charge is 0.255 e. The van der Waals surface area contributed by atoms with Gasteiger partial charge in [-0.1, -0.05) is 25.1 Å². The predicted molar refractivity (Wildman–Crippen MR) is 137 cm³/mol. The molecule has 5 atom stereocenters. The van der Waals surface area contributed by atoms with Gasteiger partial charge in [0.05, 0.1) is 11.7 Å². The minimum absolute atomic E-state index is 0.0361. The van der Waals surface area contributed by atoms with E-state index in [0.29, 0.717) is 11.1 Å². The number of aromatic hydroxyl groups is 1. The first-order valence-corrected chi connectivity index (χ1v) is 12.1. The number of primary amides is 1. The van der Waals surface area contributed by atoms with E-state index < -0.39 is 76.0 Å². The van der Waals surface area contributed by atoms with Crippen molar-refractivity contribution in [3.8, 4) is 16.9 Å². The summed E-state index contributed by atoms with van der Waals surface area (Å²) in [6.45, 7) is 1.71. The molecule has 7 N–H and O–H groups in total. The van der Waals surface area contributed by atoms with E-state index in [-0.39, 0.29) is 11.3 Å². The molecule has 0 aliphatic heterocycles. The van der Waals surface area contributed by atoms with E-state index in [1.165, 1.54) is 6.07 Å². The van der Waals surface area contributed by atoms with Gasteiger partial charge in [-0.25, -0.2) is 0 Å². The number of hydrogen-bond acceptors (Lipinski definition) is 9. The first-order valence-electron chi connectivity index (χ1n) is 12.1. The molecule has 0 bridgehead atoms. The van der Waals surface area contributed by atoms with Gasteiger partial charge >= 0.3 is 0 Å². The molecule has 2 aromatic carbocycles. The van der Waals surface area contributed by atoms with Crippen LogP contribution in [0, 0.1) is 11.8 Å². The van der Waals surface area contributed by atoms with Crippen LogP contribution < -0.4 is 10.6 Å². The zero-order valence-corrected chi connectivity index (χ0v) is 21.0. The molecular formula is C28H28N2O8. The Morgan fingerprint density at radius 2 is 1.68 bits per heavy atom. The number of ketones is 2. The lowest BCUT2D eigenvalue weighted by molar-refractivity contribution is -0.160. The second-order valence-electron chi connectivity index (χ2n) is 10.3. The van der Waals surface area contributed by atoms with E-state index in [4.69, 9.17) is 5.73 Å². The maximum atomic E-state index is 13.8. The highest BCUT2D eigenvalue weighted by atomic mass is 16.4. The molecule has 0 heterocycles. The SMILES string of the molecule is C[C@H]1c2c(-c3ccc(N(C)C)cc3)ccc(O)c2C(O)=C2C(=O)[C@]3(O)C(O)=C(C(N)=O)C(=O)C[C@@H]3[C@@H](O)[C@@H]21. The zero-order valence-electron chi connectivity index (χ0n) is 21.0. The number of anilines is 1. The molecule has 0 radical (unpaired) electrons. The van der Waals surface area contributed by atoms with E-state index in [9.17, 15) is 39.9 Å². The molecule has 1 saturated carbocycles. The first kappa shape index (κ1) is 25.5. The minimum Gasteiger partial charge on any atom is -0.508 e. The van der Waals surface area contributed by atoms with Crippen molar-refractivity contribution in [2.45, 2.75) is 31.0 Å². The lowest BCUT2D eigenvalue weighted by Crippen LogP contribution is -2.63. The van der Waals surface area contributed by atoms with Gasteiger partial charge in [0.2, 0.25) is 5.78 Å². The maximum absolute atomic E-state index is 13.8. The normalized spacial score (nSPS) is 28.6. The number of hydrogen-bond donors (Lipinski definition) is 6. The van der Waals surface area contributed by atoms with Crippen molar-refractivity contribution in [1.29, 1.82) is 0 Å². The van der Waals surface area contributed by atoms with Gasteiger partial charge in [-0.15, -0.1) is 0 Å². The van der Waals surface area contributed by atoms with Crippen LogP contribution in [0.5, 0.6) is 5.75 Å². The molecule has 10 nitrogen and oxygen atoms in total. The van der Waals surface area contributed by atoms with Gasteiger partial charge < -0.3 is 36.2 Å². The quantitative estimate of drug-likeness (QED) is 0.328. The summed E-state index contributed by atoms with van der Waals surface area (Å²) >= 11 is 0. The minimum atomic E-state index is -2.86. The standard InChI is InChI=1S/C28H28N2O8/c1-11-18-14(12-4-6-13(7-5-12)30(2)3)8-9-16(31)20(18)24(34)22-19(11)23(33)15-10-17(32)21(27(29)37)25(35)28(15,38)26(22)36/h4-9,11,15,19,23,31,33-35,38H,10H2,1-3H3,(H2,29,37)/t11-,15+,19+,23+,28+/m0/s1. The number of nitrogens with two attached hydrogens (primary N) is 1. The van der Waals surface area contributed by atoms with Gasteiger partial charge in [0.25, 0.3) is 5.91 Å². The van der Waals surface area contributed by atoms with Crippen LogP contribution in [0.3, 0.4) is 0 Å².